The van der Waals surface area contributed by atoms with Crippen LogP contribution in [0.3, 0.4) is 0 Å². The maximum absolute atomic E-state index is 12.7. The molecule has 1 amide bonds. The molecule has 2 heterocycles. The molecule has 0 bridgehead atoms. The van der Waals surface area contributed by atoms with Gasteiger partial charge in [-0.1, -0.05) is 30.3 Å². The largest absolute Gasteiger partial charge is 0.322 e. The smallest absolute Gasteiger partial charge is 0.255 e. The van der Waals surface area contributed by atoms with Gasteiger partial charge in [0.05, 0.1) is 6.54 Å². The van der Waals surface area contributed by atoms with Crippen molar-refractivity contribution in [2.24, 2.45) is 0 Å². The lowest BCUT2D eigenvalue weighted by Gasteiger charge is -2.11. The summed E-state index contributed by atoms with van der Waals surface area (Å²) in [7, 11) is 0. The van der Waals surface area contributed by atoms with E-state index >= 15 is 0 Å². The van der Waals surface area contributed by atoms with E-state index in [0.29, 0.717) is 12.1 Å². The first-order valence-corrected chi connectivity index (χ1v) is 9.31. The fourth-order valence-corrected chi connectivity index (χ4v) is 3.52. The van der Waals surface area contributed by atoms with E-state index in [1.807, 2.05) is 60.8 Å². The van der Waals surface area contributed by atoms with Gasteiger partial charge in [-0.05, 0) is 30.7 Å². The second-order valence-electron chi connectivity index (χ2n) is 6.08. The zero-order valence-electron chi connectivity index (χ0n) is 14.7. The summed E-state index contributed by atoms with van der Waals surface area (Å²) in [5, 5.41) is 10.1. The molecule has 0 aliphatic rings. The van der Waals surface area contributed by atoms with Gasteiger partial charge in [-0.3, -0.25) is 4.79 Å². The molecule has 0 aliphatic carbocycles. The number of anilines is 1. The number of rotatable bonds is 5. The molecule has 0 saturated heterocycles. The predicted octanol–water partition coefficient (Wildman–Crippen LogP) is 4.01. The monoisotopic (exact) mass is 375 g/mol. The van der Waals surface area contributed by atoms with E-state index in [4.69, 9.17) is 0 Å². The standard InChI is InChI=1S/C20H17N5OS/c1-14-11-27-20(23-14)16-8-6-15(7-9-16)19(26)24-18-5-3-2-4-17(18)10-25-13-21-12-22-25/h2-9,11-13H,10H2,1H3,(H,24,26). The first kappa shape index (κ1) is 17.1. The zero-order valence-corrected chi connectivity index (χ0v) is 15.5. The number of nitrogens with one attached hydrogen (secondary N) is 1. The van der Waals surface area contributed by atoms with Crippen LogP contribution in [0.15, 0.2) is 66.6 Å². The summed E-state index contributed by atoms with van der Waals surface area (Å²) in [6, 6.07) is 15.2. The van der Waals surface area contributed by atoms with Crippen LogP contribution in [-0.4, -0.2) is 25.7 Å². The van der Waals surface area contributed by atoms with Crippen LogP contribution in [0.5, 0.6) is 0 Å². The van der Waals surface area contributed by atoms with Crippen molar-refractivity contribution >= 4 is 22.9 Å². The van der Waals surface area contributed by atoms with Gasteiger partial charge >= 0.3 is 0 Å². The molecule has 4 aromatic rings. The topological polar surface area (TPSA) is 72.7 Å². The van der Waals surface area contributed by atoms with Crippen molar-refractivity contribution < 1.29 is 4.79 Å². The number of aromatic nitrogens is 4. The van der Waals surface area contributed by atoms with Crippen molar-refractivity contribution in [1.29, 1.82) is 0 Å². The molecule has 6 nitrogen and oxygen atoms in total. The van der Waals surface area contributed by atoms with Crippen molar-refractivity contribution in [2.75, 3.05) is 5.32 Å². The number of carbonyl (C=O) groups excluding carboxylic acids is 1. The Morgan fingerprint density at radius 3 is 2.67 bits per heavy atom. The number of hydrogen-bond acceptors (Lipinski definition) is 5. The highest BCUT2D eigenvalue weighted by molar-refractivity contribution is 7.13. The van der Waals surface area contributed by atoms with Crippen LogP contribution in [0.25, 0.3) is 10.6 Å². The Labute approximate surface area is 160 Å². The lowest BCUT2D eigenvalue weighted by molar-refractivity contribution is 0.102. The summed E-state index contributed by atoms with van der Waals surface area (Å²) in [5.41, 5.74) is 4.34. The van der Waals surface area contributed by atoms with E-state index in [9.17, 15) is 4.79 Å². The minimum atomic E-state index is -0.150. The van der Waals surface area contributed by atoms with Crippen LogP contribution in [0.4, 0.5) is 5.69 Å². The molecule has 0 unspecified atom stereocenters. The maximum Gasteiger partial charge on any atom is 0.255 e. The molecule has 0 fully saturated rings. The second-order valence-corrected chi connectivity index (χ2v) is 6.93. The van der Waals surface area contributed by atoms with Gasteiger partial charge in [0.1, 0.15) is 17.7 Å². The molecule has 0 spiro atoms. The van der Waals surface area contributed by atoms with Crippen molar-refractivity contribution in [3.05, 3.63) is 83.4 Å². The zero-order chi connectivity index (χ0) is 18.6. The molecule has 2 aromatic heterocycles. The molecular formula is C20H17N5OS. The Morgan fingerprint density at radius 2 is 1.96 bits per heavy atom. The molecule has 0 atom stereocenters. The lowest BCUT2D eigenvalue weighted by atomic mass is 10.1. The van der Waals surface area contributed by atoms with Crippen molar-refractivity contribution in [2.45, 2.75) is 13.5 Å². The number of hydrogen-bond donors (Lipinski definition) is 1. The summed E-state index contributed by atoms with van der Waals surface area (Å²) < 4.78 is 1.72. The third-order valence-corrected chi connectivity index (χ3v) is 5.09. The average molecular weight is 375 g/mol. The highest BCUT2D eigenvalue weighted by Crippen LogP contribution is 2.24. The van der Waals surface area contributed by atoms with Gasteiger partial charge in [0, 0.05) is 27.9 Å². The molecule has 134 valence electrons. The normalized spacial score (nSPS) is 10.7. The lowest BCUT2D eigenvalue weighted by Crippen LogP contribution is -2.14. The van der Waals surface area contributed by atoms with Crippen LogP contribution < -0.4 is 5.32 Å². The Bertz CT molecular complexity index is 1050. The number of aryl methyl sites for hydroxylation is 1. The summed E-state index contributed by atoms with van der Waals surface area (Å²) in [6.07, 6.45) is 3.14. The Morgan fingerprint density at radius 1 is 1.15 bits per heavy atom. The molecule has 27 heavy (non-hydrogen) atoms. The SMILES string of the molecule is Cc1csc(-c2ccc(C(=O)Nc3ccccc3Cn3cncn3)cc2)n1. The molecule has 0 radical (unpaired) electrons. The average Bonchev–Trinajstić information content (AvgIpc) is 3.35. The van der Waals surface area contributed by atoms with Crippen molar-refractivity contribution in [3.8, 4) is 10.6 Å². The van der Waals surface area contributed by atoms with Gasteiger partial charge in [-0.25, -0.2) is 14.6 Å². The number of nitrogens with zero attached hydrogens (tertiary/aromatic N) is 4. The van der Waals surface area contributed by atoms with Crippen LogP contribution in [0, 0.1) is 6.92 Å². The fourth-order valence-electron chi connectivity index (χ4n) is 2.71. The first-order valence-electron chi connectivity index (χ1n) is 8.43. The molecule has 0 saturated carbocycles. The van der Waals surface area contributed by atoms with Gasteiger partial charge in [-0.2, -0.15) is 5.10 Å². The predicted molar refractivity (Wildman–Crippen MR) is 106 cm³/mol. The third kappa shape index (κ3) is 3.93. The Kier molecular flexibility index (Phi) is 4.76. The van der Waals surface area contributed by atoms with Gasteiger partial charge in [0.15, 0.2) is 0 Å². The van der Waals surface area contributed by atoms with E-state index in [1.54, 1.807) is 22.3 Å². The van der Waals surface area contributed by atoms with Crippen molar-refractivity contribution in [1.82, 2.24) is 19.7 Å². The van der Waals surface area contributed by atoms with E-state index in [0.717, 1.165) is 27.5 Å². The number of thiazole rings is 1. The molecular weight excluding hydrogens is 358 g/mol. The summed E-state index contributed by atoms with van der Waals surface area (Å²) in [5.74, 6) is -0.150. The summed E-state index contributed by atoms with van der Waals surface area (Å²) in [6.45, 7) is 2.51. The molecule has 1 N–H and O–H groups in total. The molecule has 4 rings (SSSR count). The molecule has 0 aliphatic heterocycles. The highest BCUT2D eigenvalue weighted by atomic mass is 32.1. The van der Waals surface area contributed by atoms with Gasteiger partial charge in [-0.15, -0.1) is 11.3 Å². The number of amides is 1. The second kappa shape index (κ2) is 7.51. The summed E-state index contributed by atoms with van der Waals surface area (Å²) >= 11 is 1.60. The maximum atomic E-state index is 12.7. The van der Waals surface area contributed by atoms with Crippen LogP contribution >= 0.6 is 11.3 Å². The van der Waals surface area contributed by atoms with Crippen LogP contribution in [0.2, 0.25) is 0 Å². The van der Waals surface area contributed by atoms with E-state index in [2.05, 4.69) is 20.4 Å². The highest BCUT2D eigenvalue weighted by Gasteiger charge is 2.11. The van der Waals surface area contributed by atoms with E-state index in [1.165, 1.54) is 6.33 Å². The Balaban J connectivity index is 1.51. The van der Waals surface area contributed by atoms with Gasteiger partial charge < -0.3 is 5.32 Å². The van der Waals surface area contributed by atoms with Crippen LogP contribution in [0.1, 0.15) is 21.6 Å². The Hall–Kier alpha value is -3.32. The molecule has 2 aromatic carbocycles. The fraction of sp³-hybridized carbons (Fsp3) is 0.100. The number of carbonyl (C=O) groups is 1. The van der Waals surface area contributed by atoms with E-state index < -0.39 is 0 Å². The minimum absolute atomic E-state index is 0.150. The van der Waals surface area contributed by atoms with Gasteiger partial charge in [0.25, 0.3) is 5.91 Å². The summed E-state index contributed by atoms with van der Waals surface area (Å²) in [4.78, 5) is 21.1. The molecule has 7 heteroatoms. The third-order valence-electron chi connectivity index (χ3n) is 4.08. The first-order chi connectivity index (χ1) is 13.2. The van der Waals surface area contributed by atoms with E-state index in [-0.39, 0.29) is 5.91 Å². The quantitative estimate of drug-likeness (QED) is 0.572. The van der Waals surface area contributed by atoms with Crippen molar-refractivity contribution in [3.63, 3.8) is 0 Å². The number of para-hydroxylation sites is 1. The van der Waals surface area contributed by atoms with Crippen LogP contribution in [-0.2, 0) is 6.54 Å². The minimum Gasteiger partial charge on any atom is -0.322 e. The number of benzene rings is 2. The van der Waals surface area contributed by atoms with Gasteiger partial charge in [0.2, 0.25) is 0 Å².